The summed E-state index contributed by atoms with van der Waals surface area (Å²) in [5, 5.41) is 11.2. The fraction of sp³-hybridized carbons (Fsp3) is 0.263. The van der Waals surface area contributed by atoms with Gasteiger partial charge in [0.1, 0.15) is 11.2 Å². The molecule has 1 aliphatic rings. The van der Waals surface area contributed by atoms with Crippen molar-refractivity contribution in [1.82, 2.24) is 4.90 Å². The molecule has 0 unspecified atom stereocenters. The Morgan fingerprint density at radius 3 is 2.56 bits per heavy atom. The number of carbonyl (C=O) groups excluding carboxylic acids is 2. The molecular formula is C19H17FN2O5. The number of likely N-dealkylation sites (tertiary alicyclic amines) is 1. The number of amides is 1. The zero-order valence-corrected chi connectivity index (χ0v) is 14.7. The number of carbonyl (C=O) groups is 2. The van der Waals surface area contributed by atoms with Crippen molar-refractivity contribution in [2.45, 2.75) is 17.9 Å². The van der Waals surface area contributed by atoms with Gasteiger partial charge in [0.25, 0.3) is 5.69 Å². The van der Waals surface area contributed by atoms with Crippen molar-refractivity contribution >= 4 is 17.6 Å². The number of nitro groups is 1. The molecule has 2 atom stereocenters. The first kappa shape index (κ1) is 18.5. The lowest BCUT2D eigenvalue weighted by molar-refractivity contribution is -0.385. The number of benzene rings is 2. The number of rotatable bonds is 4. The lowest BCUT2D eigenvalue weighted by Gasteiger charge is -2.35. The van der Waals surface area contributed by atoms with E-state index in [1.165, 1.54) is 11.9 Å². The third kappa shape index (κ3) is 2.83. The molecular weight excluding hydrogens is 355 g/mol. The fourth-order valence-electron chi connectivity index (χ4n) is 3.77. The Balaban J connectivity index is 2.33. The predicted molar refractivity (Wildman–Crippen MR) is 93.3 cm³/mol. The molecule has 1 amide bonds. The minimum atomic E-state index is -1.74. The summed E-state index contributed by atoms with van der Waals surface area (Å²) in [6, 6.07) is 10.8. The van der Waals surface area contributed by atoms with Gasteiger partial charge in [-0.25, -0.2) is 4.39 Å². The van der Waals surface area contributed by atoms with Crippen LogP contribution in [-0.2, 0) is 19.7 Å². The third-order valence-corrected chi connectivity index (χ3v) is 4.98. The topological polar surface area (TPSA) is 89.7 Å². The highest BCUT2D eigenvalue weighted by atomic mass is 19.1. The molecule has 1 aliphatic heterocycles. The molecule has 1 heterocycles. The van der Waals surface area contributed by atoms with Crippen LogP contribution in [0.4, 0.5) is 10.1 Å². The molecule has 0 aliphatic carbocycles. The van der Waals surface area contributed by atoms with Crippen molar-refractivity contribution < 1.29 is 23.6 Å². The summed E-state index contributed by atoms with van der Waals surface area (Å²) < 4.78 is 19.8. The zero-order valence-electron chi connectivity index (χ0n) is 14.7. The van der Waals surface area contributed by atoms with Gasteiger partial charge in [-0.05, 0) is 11.6 Å². The van der Waals surface area contributed by atoms with Gasteiger partial charge in [0.05, 0.1) is 18.1 Å². The summed E-state index contributed by atoms with van der Waals surface area (Å²) in [6.45, 7) is 0. The SMILES string of the molecule is COC(=O)[C@]1(c2cc([N+](=O)[O-])ccc2F)CC(=O)N(C)[C@@H]1c1ccccc1. The Labute approximate surface area is 154 Å². The molecule has 2 aromatic rings. The van der Waals surface area contributed by atoms with Crippen molar-refractivity contribution in [3.63, 3.8) is 0 Å². The molecule has 27 heavy (non-hydrogen) atoms. The summed E-state index contributed by atoms with van der Waals surface area (Å²) in [4.78, 5) is 37.3. The number of non-ortho nitro benzene ring substituents is 1. The van der Waals surface area contributed by atoms with Crippen molar-refractivity contribution in [2.24, 2.45) is 0 Å². The van der Waals surface area contributed by atoms with Gasteiger partial charge in [0.2, 0.25) is 5.91 Å². The van der Waals surface area contributed by atoms with Gasteiger partial charge in [-0.15, -0.1) is 0 Å². The molecule has 0 aromatic heterocycles. The Kier molecular flexibility index (Phi) is 4.65. The minimum Gasteiger partial charge on any atom is -0.468 e. The highest BCUT2D eigenvalue weighted by Gasteiger charge is 2.59. The number of hydrogen-bond donors (Lipinski definition) is 0. The number of hydrogen-bond acceptors (Lipinski definition) is 5. The van der Waals surface area contributed by atoms with Crippen LogP contribution in [0.5, 0.6) is 0 Å². The quantitative estimate of drug-likeness (QED) is 0.468. The summed E-state index contributed by atoms with van der Waals surface area (Å²) in [5.74, 6) is -2.02. The second kappa shape index (κ2) is 6.79. The third-order valence-electron chi connectivity index (χ3n) is 4.98. The lowest BCUT2D eigenvalue weighted by Crippen LogP contribution is -2.43. The summed E-state index contributed by atoms with van der Waals surface area (Å²) >= 11 is 0. The average molecular weight is 372 g/mol. The molecule has 0 radical (unpaired) electrons. The summed E-state index contributed by atoms with van der Waals surface area (Å²) in [5.41, 5.74) is -1.74. The van der Waals surface area contributed by atoms with E-state index in [4.69, 9.17) is 4.74 Å². The molecule has 1 saturated heterocycles. The molecule has 7 nitrogen and oxygen atoms in total. The smallest absolute Gasteiger partial charge is 0.319 e. The lowest BCUT2D eigenvalue weighted by atomic mass is 9.71. The number of methoxy groups -OCH3 is 1. The Bertz CT molecular complexity index is 918. The molecule has 0 N–H and O–H groups in total. The van der Waals surface area contributed by atoms with Crippen LogP contribution in [0.15, 0.2) is 48.5 Å². The first-order chi connectivity index (χ1) is 12.8. The first-order valence-electron chi connectivity index (χ1n) is 8.16. The number of ether oxygens (including phenoxy) is 1. The minimum absolute atomic E-state index is 0.227. The maximum Gasteiger partial charge on any atom is 0.319 e. The van der Waals surface area contributed by atoms with Gasteiger partial charge in [0.15, 0.2) is 0 Å². The van der Waals surface area contributed by atoms with Crippen LogP contribution in [0.25, 0.3) is 0 Å². The number of nitrogens with zero attached hydrogens (tertiary/aromatic N) is 2. The number of halogens is 1. The van der Waals surface area contributed by atoms with Gasteiger partial charge in [0, 0.05) is 31.2 Å². The van der Waals surface area contributed by atoms with Crippen molar-refractivity contribution in [1.29, 1.82) is 0 Å². The monoisotopic (exact) mass is 372 g/mol. The van der Waals surface area contributed by atoms with Crippen LogP contribution in [-0.4, -0.2) is 35.9 Å². The average Bonchev–Trinajstić information content (AvgIpc) is 2.93. The van der Waals surface area contributed by atoms with E-state index >= 15 is 0 Å². The molecule has 0 saturated carbocycles. The van der Waals surface area contributed by atoms with Gasteiger partial charge in [-0.3, -0.25) is 19.7 Å². The Morgan fingerprint density at radius 1 is 1.30 bits per heavy atom. The Hall–Kier alpha value is -3.29. The summed E-state index contributed by atoms with van der Waals surface area (Å²) in [6.07, 6.45) is -0.353. The molecule has 3 rings (SSSR count). The maximum atomic E-state index is 14.8. The van der Waals surface area contributed by atoms with Crippen LogP contribution in [0.1, 0.15) is 23.6 Å². The van der Waals surface area contributed by atoms with Crippen LogP contribution in [0, 0.1) is 15.9 Å². The van der Waals surface area contributed by atoms with Crippen molar-refractivity contribution in [2.75, 3.05) is 14.2 Å². The van der Waals surface area contributed by atoms with Crippen molar-refractivity contribution in [3.05, 3.63) is 75.6 Å². The van der Waals surface area contributed by atoms with E-state index < -0.39 is 28.2 Å². The zero-order chi connectivity index (χ0) is 19.8. The van der Waals surface area contributed by atoms with E-state index in [1.807, 2.05) is 0 Å². The second-order valence-corrected chi connectivity index (χ2v) is 6.38. The molecule has 1 fully saturated rings. The van der Waals surface area contributed by atoms with E-state index in [2.05, 4.69) is 0 Å². The number of esters is 1. The van der Waals surface area contributed by atoms with E-state index in [0.717, 1.165) is 25.3 Å². The number of nitro benzene ring substituents is 1. The Morgan fingerprint density at radius 2 is 1.96 bits per heavy atom. The predicted octanol–water partition coefficient (Wildman–Crippen LogP) is 2.75. The van der Waals surface area contributed by atoms with Crippen LogP contribution in [0.3, 0.4) is 0 Å². The number of likely N-dealkylation sites (N-methyl/N-ethyl adjacent to an activating group) is 1. The largest absolute Gasteiger partial charge is 0.468 e. The van der Waals surface area contributed by atoms with Gasteiger partial charge < -0.3 is 9.64 Å². The first-order valence-corrected chi connectivity index (χ1v) is 8.16. The van der Waals surface area contributed by atoms with Gasteiger partial charge >= 0.3 is 5.97 Å². The fourth-order valence-corrected chi connectivity index (χ4v) is 3.77. The van der Waals surface area contributed by atoms with Crippen LogP contribution >= 0.6 is 0 Å². The van der Waals surface area contributed by atoms with Crippen LogP contribution in [0.2, 0.25) is 0 Å². The van der Waals surface area contributed by atoms with Gasteiger partial charge in [-0.1, -0.05) is 30.3 Å². The highest BCUT2D eigenvalue weighted by molar-refractivity contribution is 5.95. The molecule has 140 valence electrons. The maximum absolute atomic E-state index is 14.8. The molecule has 0 bridgehead atoms. The van der Waals surface area contributed by atoms with Crippen molar-refractivity contribution in [3.8, 4) is 0 Å². The van der Waals surface area contributed by atoms with E-state index in [-0.39, 0.29) is 23.6 Å². The van der Waals surface area contributed by atoms with Gasteiger partial charge in [-0.2, -0.15) is 0 Å². The standard InChI is InChI=1S/C19H17FN2O5/c1-21-16(23)11-19(18(24)27-2,17(21)12-6-4-3-5-7-12)14-10-13(22(25)26)8-9-15(14)20/h3-10,17H,11H2,1-2H3/t17-,19+/m1/s1. The van der Waals surface area contributed by atoms with Crippen LogP contribution < -0.4 is 0 Å². The summed E-state index contributed by atoms with van der Waals surface area (Å²) in [7, 11) is 2.66. The van der Waals surface area contributed by atoms with E-state index in [9.17, 15) is 24.1 Å². The molecule has 0 spiro atoms. The normalized spacial score (nSPS) is 22.0. The molecule has 8 heteroatoms. The van der Waals surface area contributed by atoms with E-state index in [0.29, 0.717) is 5.56 Å². The highest BCUT2D eigenvalue weighted by Crippen LogP contribution is 2.51. The van der Waals surface area contributed by atoms with E-state index in [1.54, 1.807) is 30.3 Å². The second-order valence-electron chi connectivity index (χ2n) is 6.38. The molecule has 2 aromatic carbocycles.